The van der Waals surface area contributed by atoms with Gasteiger partial charge >= 0.3 is 0 Å². The Hall–Kier alpha value is -3.02. The zero-order chi connectivity index (χ0) is 18.5. The van der Waals surface area contributed by atoms with Crippen molar-refractivity contribution < 1.29 is 9.18 Å². The van der Waals surface area contributed by atoms with Crippen molar-refractivity contribution in [3.8, 4) is 0 Å². The van der Waals surface area contributed by atoms with Crippen molar-refractivity contribution >= 4 is 16.8 Å². The standard InChI is InChI=1S/C20H20FN3O2/c1-24(13-14-7-2-4-9-16(14)21)19(25)12-6-11-18-22-17-10-5-3-8-15(17)20(26)23-18/h2-5,7-10H,6,11-13H2,1H3,(H,22,23,26). The molecule has 6 heteroatoms. The third kappa shape index (κ3) is 4.14. The van der Waals surface area contributed by atoms with Crippen LogP contribution in [0.15, 0.2) is 53.3 Å². The lowest BCUT2D eigenvalue weighted by atomic mass is 10.1. The largest absolute Gasteiger partial charge is 0.341 e. The first-order chi connectivity index (χ1) is 12.5. The minimum Gasteiger partial charge on any atom is -0.341 e. The molecule has 1 amide bonds. The molecule has 0 aliphatic carbocycles. The molecule has 0 bridgehead atoms. The van der Waals surface area contributed by atoms with E-state index in [0.29, 0.717) is 41.6 Å². The SMILES string of the molecule is CN(Cc1ccccc1F)C(=O)CCCc1nc2ccccc2c(=O)[nH]1. The van der Waals surface area contributed by atoms with Gasteiger partial charge in [-0.1, -0.05) is 30.3 Å². The van der Waals surface area contributed by atoms with Crippen molar-refractivity contribution in [1.82, 2.24) is 14.9 Å². The lowest BCUT2D eigenvalue weighted by Crippen LogP contribution is -2.26. The van der Waals surface area contributed by atoms with Crippen LogP contribution in [0.4, 0.5) is 4.39 Å². The number of halogens is 1. The molecule has 3 aromatic rings. The molecule has 1 heterocycles. The summed E-state index contributed by atoms with van der Waals surface area (Å²) in [6, 6.07) is 13.6. The van der Waals surface area contributed by atoms with Crippen molar-refractivity contribution in [3.63, 3.8) is 0 Å². The third-order valence-electron chi connectivity index (χ3n) is 4.26. The van der Waals surface area contributed by atoms with Gasteiger partial charge in [-0.2, -0.15) is 0 Å². The summed E-state index contributed by atoms with van der Waals surface area (Å²) in [6.07, 6.45) is 1.36. The molecular formula is C20H20FN3O2. The zero-order valence-corrected chi connectivity index (χ0v) is 14.5. The summed E-state index contributed by atoms with van der Waals surface area (Å²) in [6.45, 7) is 0.233. The van der Waals surface area contributed by atoms with Crippen LogP contribution in [0.2, 0.25) is 0 Å². The number of hydrogen-bond donors (Lipinski definition) is 1. The van der Waals surface area contributed by atoms with E-state index in [1.54, 1.807) is 43.4 Å². The lowest BCUT2D eigenvalue weighted by molar-refractivity contribution is -0.130. The van der Waals surface area contributed by atoms with Gasteiger partial charge in [-0.3, -0.25) is 9.59 Å². The molecule has 0 radical (unpaired) electrons. The molecule has 0 saturated carbocycles. The van der Waals surface area contributed by atoms with E-state index >= 15 is 0 Å². The fraction of sp³-hybridized carbons (Fsp3) is 0.250. The average molecular weight is 353 g/mol. The number of rotatable bonds is 6. The third-order valence-corrected chi connectivity index (χ3v) is 4.26. The van der Waals surface area contributed by atoms with Crippen LogP contribution in [0.1, 0.15) is 24.2 Å². The number of aromatic nitrogens is 2. The number of aryl methyl sites for hydroxylation is 1. The molecule has 0 fully saturated rings. The average Bonchev–Trinajstić information content (AvgIpc) is 2.63. The Morgan fingerprint density at radius 3 is 2.69 bits per heavy atom. The summed E-state index contributed by atoms with van der Waals surface area (Å²) in [4.78, 5) is 33.0. The second kappa shape index (κ2) is 7.91. The van der Waals surface area contributed by atoms with Crippen molar-refractivity contribution in [2.75, 3.05) is 7.05 Å². The molecule has 0 atom stereocenters. The van der Waals surface area contributed by atoms with Gasteiger partial charge in [-0.15, -0.1) is 0 Å². The van der Waals surface area contributed by atoms with E-state index in [2.05, 4.69) is 9.97 Å². The molecule has 0 aliphatic heterocycles. The van der Waals surface area contributed by atoms with Crippen molar-refractivity contribution in [2.24, 2.45) is 0 Å². The molecule has 1 aromatic heterocycles. The lowest BCUT2D eigenvalue weighted by Gasteiger charge is -2.17. The fourth-order valence-corrected chi connectivity index (χ4v) is 2.82. The maximum absolute atomic E-state index is 13.7. The van der Waals surface area contributed by atoms with Crippen molar-refractivity contribution in [1.29, 1.82) is 0 Å². The Bertz CT molecular complexity index is 984. The van der Waals surface area contributed by atoms with Crippen LogP contribution in [0.25, 0.3) is 10.9 Å². The number of carbonyl (C=O) groups excluding carboxylic acids is 1. The van der Waals surface area contributed by atoms with Crippen molar-refractivity contribution in [3.05, 3.63) is 76.1 Å². The molecule has 1 N–H and O–H groups in total. The highest BCUT2D eigenvalue weighted by Crippen LogP contribution is 2.11. The molecular weight excluding hydrogens is 333 g/mol. The molecule has 3 rings (SSSR count). The second-order valence-electron chi connectivity index (χ2n) is 6.22. The van der Waals surface area contributed by atoms with E-state index in [1.165, 1.54) is 11.0 Å². The molecule has 26 heavy (non-hydrogen) atoms. The van der Waals surface area contributed by atoms with Gasteiger partial charge in [0, 0.05) is 32.0 Å². The molecule has 134 valence electrons. The minimum absolute atomic E-state index is 0.0728. The zero-order valence-electron chi connectivity index (χ0n) is 14.5. The molecule has 0 unspecified atom stereocenters. The number of carbonyl (C=O) groups is 1. The molecule has 0 spiro atoms. The van der Waals surface area contributed by atoms with Gasteiger partial charge in [0.2, 0.25) is 5.91 Å². The predicted octanol–water partition coefficient (Wildman–Crippen LogP) is 3.04. The van der Waals surface area contributed by atoms with Gasteiger partial charge in [0.25, 0.3) is 5.56 Å². The van der Waals surface area contributed by atoms with Gasteiger partial charge in [0.05, 0.1) is 10.9 Å². The Morgan fingerprint density at radius 2 is 1.88 bits per heavy atom. The number of nitrogens with one attached hydrogen (secondary N) is 1. The van der Waals surface area contributed by atoms with Gasteiger partial charge in [0.1, 0.15) is 11.6 Å². The minimum atomic E-state index is -0.315. The maximum atomic E-state index is 13.7. The van der Waals surface area contributed by atoms with Crippen LogP contribution in [0.3, 0.4) is 0 Å². The van der Waals surface area contributed by atoms with Gasteiger partial charge in [-0.25, -0.2) is 9.37 Å². The van der Waals surface area contributed by atoms with Crippen LogP contribution >= 0.6 is 0 Å². The summed E-state index contributed by atoms with van der Waals surface area (Å²) in [5.74, 6) is 0.180. The summed E-state index contributed by atoms with van der Waals surface area (Å²) in [5, 5.41) is 0.553. The first-order valence-electron chi connectivity index (χ1n) is 8.50. The summed E-state index contributed by atoms with van der Waals surface area (Å²) in [7, 11) is 1.66. The van der Waals surface area contributed by atoms with E-state index in [1.807, 2.05) is 6.07 Å². The Kier molecular flexibility index (Phi) is 5.41. The topological polar surface area (TPSA) is 66.1 Å². The molecule has 5 nitrogen and oxygen atoms in total. The number of nitrogens with zero attached hydrogens (tertiary/aromatic N) is 2. The molecule has 0 aliphatic rings. The van der Waals surface area contributed by atoms with Gasteiger partial charge < -0.3 is 9.88 Å². The van der Waals surface area contributed by atoms with Crippen LogP contribution < -0.4 is 5.56 Å². The monoisotopic (exact) mass is 353 g/mol. The Labute approximate surface area is 150 Å². The Morgan fingerprint density at radius 1 is 1.15 bits per heavy atom. The fourth-order valence-electron chi connectivity index (χ4n) is 2.82. The van der Waals surface area contributed by atoms with E-state index in [9.17, 15) is 14.0 Å². The summed E-state index contributed by atoms with van der Waals surface area (Å²) < 4.78 is 13.7. The van der Waals surface area contributed by atoms with Gasteiger partial charge in [-0.05, 0) is 24.6 Å². The first kappa shape index (κ1) is 17.8. The van der Waals surface area contributed by atoms with Crippen LogP contribution in [0, 0.1) is 5.82 Å². The number of H-pyrrole nitrogens is 1. The highest BCUT2D eigenvalue weighted by atomic mass is 19.1. The molecule has 0 saturated heterocycles. The van der Waals surface area contributed by atoms with E-state index in [4.69, 9.17) is 0 Å². The van der Waals surface area contributed by atoms with Crippen LogP contribution in [0.5, 0.6) is 0 Å². The summed E-state index contributed by atoms with van der Waals surface area (Å²) in [5.41, 5.74) is 0.965. The first-order valence-corrected chi connectivity index (χ1v) is 8.50. The maximum Gasteiger partial charge on any atom is 0.258 e. The quantitative estimate of drug-likeness (QED) is 0.741. The van der Waals surface area contributed by atoms with Crippen LogP contribution in [-0.2, 0) is 17.8 Å². The Balaban J connectivity index is 1.57. The highest BCUT2D eigenvalue weighted by Gasteiger charge is 2.12. The highest BCUT2D eigenvalue weighted by molar-refractivity contribution is 5.77. The number of amides is 1. The van der Waals surface area contributed by atoms with Gasteiger partial charge in [0.15, 0.2) is 0 Å². The summed E-state index contributed by atoms with van der Waals surface area (Å²) >= 11 is 0. The van der Waals surface area contributed by atoms with E-state index in [0.717, 1.165) is 0 Å². The van der Waals surface area contributed by atoms with E-state index in [-0.39, 0.29) is 23.8 Å². The smallest absolute Gasteiger partial charge is 0.258 e. The van der Waals surface area contributed by atoms with E-state index < -0.39 is 0 Å². The second-order valence-corrected chi connectivity index (χ2v) is 6.22. The number of aromatic amines is 1. The normalized spacial score (nSPS) is 10.8. The van der Waals surface area contributed by atoms with Crippen molar-refractivity contribution in [2.45, 2.75) is 25.8 Å². The number of para-hydroxylation sites is 1. The predicted molar refractivity (Wildman–Crippen MR) is 98.2 cm³/mol. The number of fused-ring (bicyclic) bond motifs is 1. The van der Waals surface area contributed by atoms with Crippen LogP contribution in [-0.4, -0.2) is 27.8 Å². The number of benzene rings is 2. The molecule has 2 aromatic carbocycles. The number of hydrogen-bond acceptors (Lipinski definition) is 3.